The van der Waals surface area contributed by atoms with Crippen LogP contribution in [-0.4, -0.2) is 281 Å². The summed E-state index contributed by atoms with van der Waals surface area (Å²) in [7, 11) is 0. The molecule has 18 N–H and O–H groups in total. The van der Waals surface area contributed by atoms with Gasteiger partial charge in [-0.05, 0) is 0 Å². The molecule has 0 aromatic heterocycles. The normalized spacial score (nSPS) is 42.0. The monoisotopic (exact) mass is 953 g/mol. The van der Waals surface area contributed by atoms with E-state index in [1.165, 1.54) is 0 Å². The van der Waals surface area contributed by atoms with E-state index in [9.17, 15) is 91.0 Å². The molecule has 0 aromatic carbocycles. The van der Waals surface area contributed by atoms with E-state index in [1.54, 1.807) is 0 Å². The van der Waals surface area contributed by atoms with Gasteiger partial charge in [0.05, 0.1) is 45.7 Å². The molecule has 4 aliphatic rings. The van der Waals surface area contributed by atoms with Gasteiger partial charge in [-0.1, -0.05) is 0 Å². The second-order valence-corrected chi connectivity index (χ2v) is 16.0. The van der Waals surface area contributed by atoms with Crippen LogP contribution in [0.3, 0.4) is 0 Å². The van der Waals surface area contributed by atoms with E-state index >= 15 is 0 Å². The van der Waals surface area contributed by atoms with Crippen molar-refractivity contribution in [3.8, 4) is 0 Å². The molecule has 0 unspecified atom stereocenters. The largest absolute Gasteiger partial charge is 0.394 e. The molecule has 65 heavy (non-hydrogen) atoms. The fourth-order valence-electron chi connectivity index (χ4n) is 7.73. The van der Waals surface area contributed by atoms with Gasteiger partial charge in [-0.15, -0.1) is 0 Å². The molecule has 0 radical (unpaired) electrons. The lowest BCUT2D eigenvalue weighted by Crippen LogP contribution is -2.70. The smallest absolute Gasteiger partial charge is 0.217 e. The van der Waals surface area contributed by atoms with Gasteiger partial charge in [0.25, 0.3) is 0 Å². The third kappa shape index (κ3) is 13.2. The van der Waals surface area contributed by atoms with Crippen LogP contribution >= 0.6 is 0 Å². The molecule has 4 saturated heterocycles. The number of aliphatic hydroxyl groups excluding tert-OH is 15. The lowest BCUT2D eigenvalue weighted by molar-refractivity contribution is -0.374. The van der Waals surface area contributed by atoms with E-state index in [0.29, 0.717) is 0 Å². The highest BCUT2D eigenvalue weighted by atomic mass is 16.8. The van der Waals surface area contributed by atoms with Gasteiger partial charge < -0.3 is 130 Å². The van der Waals surface area contributed by atoms with Gasteiger partial charge in [-0.25, -0.2) is 0 Å². The average Bonchev–Trinajstić information content (AvgIpc) is 3.26. The second-order valence-electron chi connectivity index (χ2n) is 16.0. The van der Waals surface area contributed by atoms with Gasteiger partial charge in [-0.3, -0.25) is 14.4 Å². The SMILES string of the molecule is CC(=O)N[C@H]1[C@H](O[C@H]2[C@@H](O)[C@@H](CO[C@@H]3O[C@H](CO)[C@@H](O)[C@H](O)[C@H]3NC(C)=O)O[C@@H](O[C@@H]([C@@H](O)[C@H](O)CO)[C@H](CO)NC(C)=O)[C@@H]2O)O[C@H](CO)[C@@H](O[C@@H]2O[C@H](CO)[C@H](O)[C@H](O)[C@H]2O)[C@@H]1O. The summed E-state index contributed by atoms with van der Waals surface area (Å²) in [5.74, 6) is -2.35. The topological polar surface area (TPSA) is 465 Å². The van der Waals surface area contributed by atoms with Crippen LogP contribution in [0.5, 0.6) is 0 Å². The van der Waals surface area contributed by atoms with Crippen LogP contribution in [0.2, 0.25) is 0 Å². The molecule has 0 saturated carbocycles. The van der Waals surface area contributed by atoms with Crippen molar-refractivity contribution < 1.29 is 129 Å². The van der Waals surface area contributed by atoms with Gasteiger partial charge >= 0.3 is 0 Å². The summed E-state index contributed by atoms with van der Waals surface area (Å²) in [5.41, 5.74) is 0. The van der Waals surface area contributed by atoms with E-state index < -0.39 is 204 Å². The Bertz CT molecular complexity index is 1510. The number of aliphatic hydroxyl groups is 15. The average molecular weight is 954 g/mol. The van der Waals surface area contributed by atoms with Crippen LogP contribution in [0, 0.1) is 0 Å². The Labute approximate surface area is 369 Å². The summed E-state index contributed by atoms with van der Waals surface area (Å²) in [6, 6.07) is -4.88. The standard InChI is InChI=1S/C36H63N3O26/c1-10(45)37-13(4-40)30(21(49)14(48)5-41)63-36-29(57)32(24(52)18(62-36)9-58-33-19(38-11(2)46)25(53)22(50)15(6-42)59-33)65-34-20(39-12(3)47)26(54)31(17(8-44)61-34)64-35-28(56)27(55)23(51)16(7-43)60-35/h13-36,40-44,48-57H,4-9H2,1-3H3,(H,37,45)(H,38,46)(H,39,47)/t13-,14+,15+,16+,17+,18+,19+,20+,21-,22+,23-,24-,25+,26+,27-,28+,29+,30+,31+,32-,33+,34-,35-,36-/m0/s1. The van der Waals surface area contributed by atoms with E-state index in [-0.39, 0.29) is 0 Å². The Hall–Kier alpha value is -2.51. The van der Waals surface area contributed by atoms with Crippen molar-refractivity contribution in [2.75, 3.05) is 39.6 Å². The number of hydrogen-bond acceptors (Lipinski definition) is 26. The summed E-state index contributed by atoms with van der Waals surface area (Å²) in [6.07, 6.45) is -39.8. The molecular weight excluding hydrogens is 890 g/mol. The Morgan fingerprint density at radius 2 is 1.03 bits per heavy atom. The van der Waals surface area contributed by atoms with Gasteiger partial charge in [0.15, 0.2) is 25.2 Å². The van der Waals surface area contributed by atoms with Crippen molar-refractivity contribution >= 4 is 17.7 Å². The fraction of sp³-hybridized carbons (Fsp3) is 0.917. The summed E-state index contributed by atoms with van der Waals surface area (Å²) in [4.78, 5) is 36.6. The first-order valence-corrected chi connectivity index (χ1v) is 20.5. The highest BCUT2D eigenvalue weighted by Crippen LogP contribution is 2.34. The molecule has 29 heteroatoms. The zero-order chi connectivity index (χ0) is 48.6. The molecule has 4 fully saturated rings. The molecule has 4 aliphatic heterocycles. The van der Waals surface area contributed by atoms with Gasteiger partial charge in [0.1, 0.15) is 116 Å². The third-order valence-electron chi connectivity index (χ3n) is 11.2. The number of carbonyl (C=O) groups is 3. The van der Waals surface area contributed by atoms with Crippen LogP contribution in [-0.2, 0) is 52.3 Å². The predicted molar refractivity (Wildman–Crippen MR) is 204 cm³/mol. The maximum absolute atomic E-state index is 12.5. The van der Waals surface area contributed by atoms with E-state index in [4.69, 9.17) is 37.9 Å². The van der Waals surface area contributed by atoms with Gasteiger partial charge in [0.2, 0.25) is 17.7 Å². The number of ether oxygens (including phenoxy) is 8. The fourth-order valence-corrected chi connectivity index (χ4v) is 7.73. The molecular formula is C36H63N3O26. The quantitative estimate of drug-likeness (QED) is 0.0539. The van der Waals surface area contributed by atoms with Crippen molar-refractivity contribution in [2.24, 2.45) is 0 Å². The first kappa shape index (κ1) is 55.1. The first-order chi connectivity index (χ1) is 30.6. The predicted octanol–water partition coefficient (Wildman–Crippen LogP) is -11.9. The summed E-state index contributed by atoms with van der Waals surface area (Å²) in [5, 5.41) is 165. The lowest BCUT2D eigenvalue weighted by Gasteiger charge is -2.50. The second kappa shape index (κ2) is 24.7. The highest BCUT2D eigenvalue weighted by Gasteiger charge is 2.56. The first-order valence-electron chi connectivity index (χ1n) is 20.5. The summed E-state index contributed by atoms with van der Waals surface area (Å²) >= 11 is 0. The molecule has 378 valence electrons. The molecule has 4 heterocycles. The molecule has 0 bridgehead atoms. The van der Waals surface area contributed by atoms with Crippen LogP contribution in [0.1, 0.15) is 20.8 Å². The molecule has 29 nitrogen and oxygen atoms in total. The zero-order valence-corrected chi connectivity index (χ0v) is 35.3. The van der Waals surface area contributed by atoms with Gasteiger partial charge in [0, 0.05) is 20.8 Å². The molecule has 0 aliphatic carbocycles. The summed E-state index contributed by atoms with van der Waals surface area (Å²) in [6.45, 7) is -2.56. The minimum atomic E-state index is -2.26. The number of hydrogen-bond donors (Lipinski definition) is 18. The highest BCUT2D eigenvalue weighted by molar-refractivity contribution is 5.74. The van der Waals surface area contributed by atoms with Crippen LogP contribution < -0.4 is 16.0 Å². The van der Waals surface area contributed by atoms with E-state index in [1.807, 2.05) is 0 Å². The van der Waals surface area contributed by atoms with Crippen LogP contribution in [0.15, 0.2) is 0 Å². The van der Waals surface area contributed by atoms with Crippen LogP contribution in [0.25, 0.3) is 0 Å². The van der Waals surface area contributed by atoms with Crippen LogP contribution in [0.4, 0.5) is 0 Å². The number of amides is 3. The Morgan fingerprint density at radius 1 is 0.523 bits per heavy atom. The third-order valence-corrected chi connectivity index (χ3v) is 11.2. The summed E-state index contributed by atoms with van der Waals surface area (Å²) < 4.78 is 46.0. The Balaban J connectivity index is 1.71. The Morgan fingerprint density at radius 3 is 1.55 bits per heavy atom. The maximum Gasteiger partial charge on any atom is 0.217 e. The Kier molecular flexibility index (Phi) is 20.9. The van der Waals surface area contributed by atoms with Crippen molar-refractivity contribution in [3.05, 3.63) is 0 Å². The molecule has 24 atom stereocenters. The van der Waals surface area contributed by atoms with E-state index in [0.717, 1.165) is 20.8 Å². The minimum Gasteiger partial charge on any atom is -0.394 e. The van der Waals surface area contributed by atoms with Crippen molar-refractivity contribution in [1.82, 2.24) is 16.0 Å². The lowest BCUT2D eigenvalue weighted by atomic mass is 9.94. The molecule has 3 amide bonds. The van der Waals surface area contributed by atoms with Crippen molar-refractivity contribution in [3.63, 3.8) is 0 Å². The molecule has 4 rings (SSSR count). The molecule has 0 aromatic rings. The number of nitrogens with one attached hydrogen (secondary N) is 3. The van der Waals surface area contributed by atoms with Crippen molar-refractivity contribution in [2.45, 2.75) is 168 Å². The minimum absolute atomic E-state index is 0.724. The zero-order valence-electron chi connectivity index (χ0n) is 35.3. The molecule has 0 spiro atoms. The van der Waals surface area contributed by atoms with Gasteiger partial charge in [-0.2, -0.15) is 0 Å². The van der Waals surface area contributed by atoms with E-state index in [2.05, 4.69) is 16.0 Å². The number of carbonyl (C=O) groups excluding carboxylic acids is 3. The van der Waals surface area contributed by atoms with Crippen molar-refractivity contribution in [1.29, 1.82) is 0 Å². The number of rotatable bonds is 20. The maximum atomic E-state index is 12.5.